The Bertz CT molecular complexity index is 392. The van der Waals surface area contributed by atoms with Crippen LogP contribution in [-0.4, -0.2) is 30.1 Å². The Balaban J connectivity index is 2.72. The Hall–Kier alpha value is -0.810. The van der Waals surface area contributed by atoms with E-state index in [1.54, 1.807) is 29.8 Å². The van der Waals surface area contributed by atoms with Crippen LogP contribution in [0.2, 0.25) is 0 Å². The lowest BCUT2D eigenvalue weighted by Crippen LogP contribution is -2.13. The van der Waals surface area contributed by atoms with Crippen LogP contribution in [0.3, 0.4) is 0 Å². The fourth-order valence-electron chi connectivity index (χ4n) is 1.27. The van der Waals surface area contributed by atoms with Crippen molar-refractivity contribution in [1.82, 2.24) is 4.57 Å². The first-order valence-corrected chi connectivity index (χ1v) is 6.47. The van der Waals surface area contributed by atoms with Crippen molar-refractivity contribution in [2.45, 2.75) is 19.6 Å². The molecule has 0 aliphatic heterocycles. The molecule has 0 spiro atoms. The fraction of sp³-hybridized carbons (Fsp3) is 0.556. The zero-order valence-electron chi connectivity index (χ0n) is 8.34. The van der Waals surface area contributed by atoms with E-state index in [1.807, 2.05) is 0 Å². The number of rotatable bonds is 4. The van der Waals surface area contributed by atoms with Gasteiger partial charge in [0.1, 0.15) is 9.84 Å². The van der Waals surface area contributed by atoms with Crippen molar-refractivity contribution in [2.75, 3.05) is 12.0 Å². The van der Waals surface area contributed by atoms with Crippen LogP contribution in [0.5, 0.6) is 0 Å². The first-order chi connectivity index (χ1) is 6.40. The monoisotopic (exact) mass is 217 g/mol. The van der Waals surface area contributed by atoms with Crippen LogP contribution >= 0.6 is 0 Å². The summed E-state index contributed by atoms with van der Waals surface area (Å²) in [6, 6.07) is 3.58. The first kappa shape index (κ1) is 11.3. The van der Waals surface area contributed by atoms with E-state index in [0.717, 1.165) is 5.69 Å². The summed E-state index contributed by atoms with van der Waals surface area (Å²) in [6.45, 7) is 2.05. The Morgan fingerprint density at radius 3 is 2.71 bits per heavy atom. The number of nitrogens with zero attached hydrogens (tertiary/aromatic N) is 1. The number of hydrogen-bond acceptors (Lipinski definition) is 3. The molecule has 1 heterocycles. The van der Waals surface area contributed by atoms with Gasteiger partial charge in [0.2, 0.25) is 0 Å². The molecule has 0 aromatic carbocycles. The predicted molar refractivity (Wildman–Crippen MR) is 54.8 cm³/mol. The maximum Gasteiger partial charge on any atom is 0.149 e. The molecule has 0 amide bonds. The van der Waals surface area contributed by atoms with E-state index in [4.69, 9.17) is 0 Å². The van der Waals surface area contributed by atoms with Crippen molar-refractivity contribution in [3.05, 3.63) is 24.0 Å². The zero-order chi connectivity index (χ0) is 10.8. The van der Waals surface area contributed by atoms with E-state index in [9.17, 15) is 13.5 Å². The van der Waals surface area contributed by atoms with E-state index < -0.39 is 15.9 Å². The molecule has 0 aliphatic carbocycles. The van der Waals surface area contributed by atoms with Gasteiger partial charge >= 0.3 is 0 Å². The second-order valence-electron chi connectivity index (χ2n) is 3.43. The van der Waals surface area contributed by atoms with Gasteiger partial charge in [0.05, 0.1) is 11.9 Å². The van der Waals surface area contributed by atoms with Crippen molar-refractivity contribution >= 4 is 9.84 Å². The topological polar surface area (TPSA) is 59.3 Å². The van der Waals surface area contributed by atoms with Gasteiger partial charge in [-0.3, -0.25) is 0 Å². The molecule has 4 nitrogen and oxygen atoms in total. The van der Waals surface area contributed by atoms with Crippen LogP contribution in [0.15, 0.2) is 18.3 Å². The minimum absolute atomic E-state index is 0.0986. The second kappa shape index (κ2) is 4.14. The largest absolute Gasteiger partial charge is 0.387 e. The average molecular weight is 217 g/mol. The van der Waals surface area contributed by atoms with Crippen molar-refractivity contribution in [2.24, 2.45) is 0 Å². The number of aliphatic hydroxyl groups is 1. The van der Waals surface area contributed by atoms with Crippen LogP contribution in [0, 0.1) is 0 Å². The van der Waals surface area contributed by atoms with Gasteiger partial charge in [-0.05, 0) is 19.1 Å². The molecule has 1 aromatic heterocycles. The molecule has 1 N–H and O–H groups in total. The van der Waals surface area contributed by atoms with Crippen LogP contribution < -0.4 is 0 Å². The van der Waals surface area contributed by atoms with Crippen molar-refractivity contribution in [3.8, 4) is 0 Å². The van der Waals surface area contributed by atoms with Crippen molar-refractivity contribution in [1.29, 1.82) is 0 Å². The Kier molecular flexibility index (Phi) is 3.34. The quantitative estimate of drug-likeness (QED) is 0.802. The molecule has 5 heteroatoms. The van der Waals surface area contributed by atoms with Gasteiger partial charge in [-0.2, -0.15) is 0 Å². The van der Waals surface area contributed by atoms with E-state index in [2.05, 4.69) is 0 Å². The molecule has 80 valence electrons. The Morgan fingerprint density at radius 1 is 1.57 bits per heavy atom. The molecule has 0 bridgehead atoms. The third kappa shape index (κ3) is 3.16. The van der Waals surface area contributed by atoms with Gasteiger partial charge < -0.3 is 9.67 Å². The highest BCUT2D eigenvalue weighted by molar-refractivity contribution is 7.90. The van der Waals surface area contributed by atoms with E-state index in [1.165, 1.54) is 6.26 Å². The molecule has 1 atom stereocenters. The van der Waals surface area contributed by atoms with Gasteiger partial charge in [-0.1, -0.05) is 0 Å². The summed E-state index contributed by atoms with van der Waals surface area (Å²) in [4.78, 5) is 0. The minimum atomic E-state index is -2.95. The third-order valence-corrected chi connectivity index (χ3v) is 2.92. The molecule has 0 fully saturated rings. The third-order valence-electron chi connectivity index (χ3n) is 2.00. The highest BCUT2D eigenvalue weighted by atomic mass is 32.2. The molecule has 0 radical (unpaired) electrons. The maximum absolute atomic E-state index is 10.9. The van der Waals surface area contributed by atoms with Gasteiger partial charge in [0, 0.05) is 24.7 Å². The first-order valence-electron chi connectivity index (χ1n) is 4.41. The van der Waals surface area contributed by atoms with Crippen LogP contribution in [-0.2, 0) is 16.4 Å². The summed E-state index contributed by atoms with van der Waals surface area (Å²) in [6.07, 6.45) is 2.41. The summed E-state index contributed by atoms with van der Waals surface area (Å²) in [5.41, 5.74) is 0.744. The maximum atomic E-state index is 10.9. The average Bonchev–Trinajstić information content (AvgIpc) is 2.46. The number of aromatic nitrogens is 1. The lowest BCUT2D eigenvalue weighted by atomic mass is 10.3. The van der Waals surface area contributed by atoms with Gasteiger partial charge in [0.25, 0.3) is 0 Å². The zero-order valence-corrected chi connectivity index (χ0v) is 9.16. The number of aryl methyl sites for hydroxylation is 1. The summed E-state index contributed by atoms with van der Waals surface area (Å²) in [7, 11) is -2.95. The Labute approximate surface area is 84.1 Å². The molecule has 1 unspecified atom stereocenters. The van der Waals surface area contributed by atoms with E-state index >= 15 is 0 Å². The van der Waals surface area contributed by atoms with Crippen LogP contribution in [0.1, 0.15) is 18.7 Å². The molecule has 0 saturated heterocycles. The lowest BCUT2D eigenvalue weighted by molar-refractivity contribution is 0.189. The second-order valence-corrected chi connectivity index (χ2v) is 5.69. The Morgan fingerprint density at radius 2 is 2.21 bits per heavy atom. The number of sulfone groups is 1. The normalized spacial score (nSPS) is 14.2. The van der Waals surface area contributed by atoms with Gasteiger partial charge in [0.15, 0.2) is 0 Å². The van der Waals surface area contributed by atoms with Crippen molar-refractivity contribution < 1.29 is 13.5 Å². The summed E-state index contributed by atoms with van der Waals surface area (Å²) >= 11 is 0. The SMILES string of the molecule is CC(O)c1cccn1CCS(C)(=O)=O. The van der Waals surface area contributed by atoms with Crippen LogP contribution in [0.4, 0.5) is 0 Å². The standard InChI is InChI=1S/C9H15NO3S/c1-8(11)9-4-3-5-10(9)6-7-14(2,12)13/h3-5,8,11H,6-7H2,1-2H3. The van der Waals surface area contributed by atoms with Crippen LogP contribution in [0.25, 0.3) is 0 Å². The molecule has 14 heavy (non-hydrogen) atoms. The van der Waals surface area contributed by atoms with Gasteiger partial charge in [-0.15, -0.1) is 0 Å². The number of hydrogen-bond donors (Lipinski definition) is 1. The molecular weight excluding hydrogens is 202 g/mol. The lowest BCUT2D eigenvalue weighted by Gasteiger charge is -2.10. The molecule has 1 aromatic rings. The molecule has 1 rings (SSSR count). The molecule has 0 aliphatic rings. The highest BCUT2D eigenvalue weighted by Crippen LogP contribution is 2.12. The summed E-state index contributed by atoms with van der Waals surface area (Å²) in [5, 5.41) is 9.35. The summed E-state index contributed by atoms with van der Waals surface area (Å²) in [5.74, 6) is 0.0986. The predicted octanol–water partition coefficient (Wildman–Crippen LogP) is 0.586. The molecular formula is C9H15NO3S. The highest BCUT2D eigenvalue weighted by Gasteiger charge is 2.08. The summed E-state index contributed by atoms with van der Waals surface area (Å²) < 4.78 is 23.6. The van der Waals surface area contributed by atoms with Crippen molar-refractivity contribution in [3.63, 3.8) is 0 Å². The van der Waals surface area contributed by atoms with E-state index in [0.29, 0.717) is 6.54 Å². The molecule has 0 saturated carbocycles. The van der Waals surface area contributed by atoms with E-state index in [-0.39, 0.29) is 5.75 Å². The minimum Gasteiger partial charge on any atom is -0.387 e. The number of aliphatic hydroxyl groups excluding tert-OH is 1. The smallest absolute Gasteiger partial charge is 0.149 e. The van der Waals surface area contributed by atoms with Gasteiger partial charge in [-0.25, -0.2) is 8.42 Å². The fourth-order valence-corrected chi connectivity index (χ4v) is 1.80.